The molecule has 9 nitrogen and oxygen atoms in total. The Labute approximate surface area is 181 Å². The highest BCUT2D eigenvalue weighted by Gasteiger charge is 2.34. The van der Waals surface area contributed by atoms with Gasteiger partial charge in [-0.15, -0.1) is 16.4 Å². The maximum atomic E-state index is 13.1. The Hall–Kier alpha value is -3.05. The fraction of sp³-hybridized carbons (Fsp3) is 0.263. The van der Waals surface area contributed by atoms with Crippen LogP contribution >= 0.6 is 23.1 Å². The van der Waals surface area contributed by atoms with Crippen LogP contribution < -0.4 is 15.2 Å². The van der Waals surface area contributed by atoms with Crippen LogP contribution in [0.15, 0.2) is 46.0 Å². The molecule has 1 unspecified atom stereocenters. The molecule has 11 heteroatoms. The van der Waals surface area contributed by atoms with Crippen LogP contribution in [-0.4, -0.2) is 51.8 Å². The van der Waals surface area contributed by atoms with Gasteiger partial charge in [0.15, 0.2) is 11.5 Å². The molecule has 0 bridgehead atoms. The number of aromatic amines is 1. The number of hydrogen-bond acceptors (Lipinski definition) is 9. The lowest BCUT2D eigenvalue weighted by Gasteiger charge is -2.22. The number of aromatic nitrogens is 3. The zero-order chi connectivity index (χ0) is 21.1. The minimum atomic E-state index is -0.243. The zero-order valence-corrected chi connectivity index (χ0v) is 18.0. The second kappa shape index (κ2) is 8.76. The molecule has 0 spiro atoms. The molecular weight excluding hydrogens is 424 g/mol. The Kier molecular flexibility index (Phi) is 5.91. The SMILES string of the molecule is COc1ccc(C2CC(c3cccs3)=NN2C(=O)CSc2n[nH]c(N)n2)cc1OC. The van der Waals surface area contributed by atoms with Gasteiger partial charge in [0.2, 0.25) is 11.1 Å². The van der Waals surface area contributed by atoms with Gasteiger partial charge < -0.3 is 15.2 Å². The number of anilines is 1. The summed E-state index contributed by atoms with van der Waals surface area (Å²) >= 11 is 2.81. The van der Waals surface area contributed by atoms with Crippen LogP contribution in [0.5, 0.6) is 11.5 Å². The first kappa shape index (κ1) is 20.2. The van der Waals surface area contributed by atoms with Crippen molar-refractivity contribution in [3.05, 3.63) is 46.2 Å². The lowest BCUT2D eigenvalue weighted by atomic mass is 10.0. The van der Waals surface area contributed by atoms with Gasteiger partial charge in [-0.1, -0.05) is 23.9 Å². The molecule has 0 saturated heterocycles. The molecule has 3 aromatic rings. The molecule has 0 saturated carbocycles. The number of H-pyrrole nitrogens is 1. The van der Waals surface area contributed by atoms with E-state index in [0.29, 0.717) is 23.1 Å². The molecular formula is C19H20N6O3S2. The number of nitrogens with two attached hydrogens (primary N) is 1. The molecule has 0 radical (unpaired) electrons. The Balaban J connectivity index is 1.60. The number of carbonyl (C=O) groups is 1. The highest BCUT2D eigenvalue weighted by Crippen LogP contribution is 2.38. The number of hydrazone groups is 1. The molecule has 1 aliphatic rings. The molecule has 1 aromatic carbocycles. The summed E-state index contributed by atoms with van der Waals surface area (Å²) in [6.07, 6.45) is 0.611. The number of nitrogens with zero attached hydrogens (tertiary/aromatic N) is 4. The number of thiophene rings is 1. The van der Waals surface area contributed by atoms with Gasteiger partial charge in [0, 0.05) is 6.42 Å². The fourth-order valence-corrected chi connectivity index (χ4v) is 4.55. The van der Waals surface area contributed by atoms with Crippen LogP contribution in [0.1, 0.15) is 22.9 Å². The predicted octanol–water partition coefficient (Wildman–Crippen LogP) is 2.94. The number of carbonyl (C=O) groups excluding carboxylic acids is 1. The summed E-state index contributed by atoms with van der Waals surface area (Å²) in [5, 5.41) is 15.1. The van der Waals surface area contributed by atoms with E-state index in [9.17, 15) is 4.79 Å². The molecule has 0 aliphatic carbocycles. The second-order valence-corrected chi connectivity index (χ2v) is 8.28. The van der Waals surface area contributed by atoms with Crippen LogP contribution in [0.25, 0.3) is 0 Å². The third-order valence-corrected chi connectivity index (χ3v) is 6.32. The highest BCUT2D eigenvalue weighted by molar-refractivity contribution is 7.99. The van der Waals surface area contributed by atoms with Crippen LogP contribution in [0.3, 0.4) is 0 Å². The summed E-state index contributed by atoms with van der Waals surface area (Å²) in [5.41, 5.74) is 7.35. The van der Waals surface area contributed by atoms with E-state index >= 15 is 0 Å². The molecule has 3 heterocycles. The monoisotopic (exact) mass is 444 g/mol. The third kappa shape index (κ3) is 4.12. The third-order valence-electron chi connectivity index (χ3n) is 4.57. The maximum Gasteiger partial charge on any atom is 0.253 e. The quantitative estimate of drug-likeness (QED) is 0.538. The smallest absolute Gasteiger partial charge is 0.253 e. The van der Waals surface area contributed by atoms with Gasteiger partial charge >= 0.3 is 0 Å². The number of hydrogen-bond donors (Lipinski definition) is 2. The van der Waals surface area contributed by atoms with Gasteiger partial charge in [-0.05, 0) is 29.1 Å². The summed E-state index contributed by atoms with van der Waals surface area (Å²) in [4.78, 5) is 18.1. The number of ether oxygens (including phenoxy) is 2. The van der Waals surface area contributed by atoms with Crippen molar-refractivity contribution in [2.24, 2.45) is 5.10 Å². The summed E-state index contributed by atoms with van der Waals surface area (Å²) < 4.78 is 10.8. The normalized spacial score (nSPS) is 15.9. The molecule has 156 valence electrons. The highest BCUT2D eigenvalue weighted by atomic mass is 32.2. The summed E-state index contributed by atoms with van der Waals surface area (Å²) in [6, 6.07) is 9.40. The average Bonchev–Trinajstić information content (AvgIpc) is 3.51. The van der Waals surface area contributed by atoms with E-state index < -0.39 is 0 Å². The number of thioether (sulfide) groups is 1. The molecule has 4 rings (SSSR count). The molecule has 30 heavy (non-hydrogen) atoms. The van der Waals surface area contributed by atoms with Crippen LogP contribution in [0.2, 0.25) is 0 Å². The Morgan fingerprint density at radius 3 is 2.83 bits per heavy atom. The van der Waals surface area contributed by atoms with Crippen molar-refractivity contribution >= 4 is 40.7 Å². The number of nitrogens with one attached hydrogen (secondary N) is 1. The lowest BCUT2D eigenvalue weighted by molar-refractivity contribution is -0.130. The van der Waals surface area contributed by atoms with Crippen LogP contribution in [0, 0.1) is 0 Å². The van der Waals surface area contributed by atoms with Gasteiger partial charge in [0.25, 0.3) is 5.91 Å². The number of nitrogen functional groups attached to an aromatic ring is 1. The molecule has 2 aromatic heterocycles. The van der Waals surface area contributed by atoms with Crippen molar-refractivity contribution in [3.8, 4) is 11.5 Å². The first-order chi connectivity index (χ1) is 14.6. The summed E-state index contributed by atoms with van der Waals surface area (Å²) in [7, 11) is 3.18. The topological polar surface area (TPSA) is 119 Å². The zero-order valence-electron chi connectivity index (χ0n) is 16.4. The van der Waals surface area contributed by atoms with Gasteiger partial charge in [-0.3, -0.25) is 4.79 Å². The number of methoxy groups -OCH3 is 2. The van der Waals surface area contributed by atoms with Gasteiger partial charge in [0.1, 0.15) is 0 Å². The average molecular weight is 445 g/mol. The number of amides is 1. The van der Waals surface area contributed by atoms with Gasteiger partial charge in [-0.2, -0.15) is 10.1 Å². The fourth-order valence-electron chi connectivity index (χ4n) is 3.17. The van der Waals surface area contributed by atoms with Crippen molar-refractivity contribution in [3.63, 3.8) is 0 Å². The second-order valence-electron chi connectivity index (χ2n) is 6.39. The van der Waals surface area contributed by atoms with E-state index in [1.54, 1.807) is 30.6 Å². The lowest BCUT2D eigenvalue weighted by Crippen LogP contribution is -2.28. The Morgan fingerprint density at radius 2 is 2.17 bits per heavy atom. The molecule has 1 amide bonds. The van der Waals surface area contributed by atoms with Crippen molar-refractivity contribution < 1.29 is 14.3 Å². The van der Waals surface area contributed by atoms with E-state index in [1.165, 1.54) is 11.8 Å². The van der Waals surface area contributed by atoms with Crippen molar-refractivity contribution in [2.75, 3.05) is 25.7 Å². The Morgan fingerprint density at radius 1 is 1.33 bits per heavy atom. The van der Waals surface area contributed by atoms with E-state index in [0.717, 1.165) is 16.2 Å². The number of benzene rings is 1. The molecule has 1 aliphatic heterocycles. The first-order valence-corrected chi connectivity index (χ1v) is 10.9. The first-order valence-electron chi connectivity index (χ1n) is 9.05. The minimum absolute atomic E-state index is 0.141. The van der Waals surface area contributed by atoms with E-state index in [-0.39, 0.29) is 23.7 Å². The van der Waals surface area contributed by atoms with E-state index in [4.69, 9.17) is 15.2 Å². The summed E-state index contributed by atoms with van der Waals surface area (Å²) in [5.74, 6) is 1.45. The summed E-state index contributed by atoms with van der Waals surface area (Å²) in [6.45, 7) is 0. The van der Waals surface area contributed by atoms with Crippen molar-refractivity contribution in [2.45, 2.75) is 17.6 Å². The minimum Gasteiger partial charge on any atom is -0.493 e. The van der Waals surface area contributed by atoms with Crippen molar-refractivity contribution in [1.29, 1.82) is 0 Å². The van der Waals surface area contributed by atoms with Gasteiger partial charge in [-0.25, -0.2) is 10.1 Å². The van der Waals surface area contributed by atoms with Crippen molar-refractivity contribution in [1.82, 2.24) is 20.2 Å². The van der Waals surface area contributed by atoms with Crippen LogP contribution in [-0.2, 0) is 4.79 Å². The van der Waals surface area contributed by atoms with E-state index in [1.807, 2.05) is 35.7 Å². The Bertz CT molecular complexity index is 1070. The number of rotatable bonds is 7. The molecule has 1 atom stereocenters. The van der Waals surface area contributed by atoms with Gasteiger partial charge in [0.05, 0.1) is 36.6 Å². The predicted molar refractivity (Wildman–Crippen MR) is 116 cm³/mol. The largest absolute Gasteiger partial charge is 0.493 e. The standard InChI is InChI=1S/C19H20N6O3S2/c1-27-14-6-5-11(8-15(14)28-2)13-9-12(16-4-3-7-29-16)24-25(13)17(26)10-30-19-21-18(20)22-23-19/h3-8,13H,9-10H2,1-2H3,(H3,20,21,22,23). The van der Waals surface area contributed by atoms with E-state index in [2.05, 4.69) is 20.3 Å². The molecule has 3 N–H and O–H groups in total. The van der Waals surface area contributed by atoms with Crippen LogP contribution in [0.4, 0.5) is 5.95 Å². The maximum absolute atomic E-state index is 13.1. The molecule has 0 fully saturated rings.